The molecule has 7 nitrogen and oxygen atoms in total. The van der Waals surface area contributed by atoms with Crippen LogP contribution < -0.4 is 15.4 Å². The summed E-state index contributed by atoms with van der Waals surface area (Å²) in [5, 5.41) is 5.29. The number of amides is 2. The van der Waals surface area contributed by atoms with E-state index in [1.807, 2.05) is 0 Å². The van der Waals surface area contributed by atoms with Crippen LogP contribution in [0.3, 0.4) is 0 Å². The molecule has 0 saturated carbocycles. The van der Waals surface area contributed by atoms with Crippen molar-refractivity contribution in [2.24, 2.45) is 0 Å². The van der Waals surface area contributed by atoms with Gasteiger partial charge in [0.25, 0.3) is 5.91 Å². The van der Waals surface area contributed by atoms with Gasteiger partial charge in [-0.25, -0.2) is 9.97 Å². The van der Waals surface area contributed by atoms with Gasteiger partial charge in [0.05, 0.1) is 11.7 Å². The van der Waals surface area contributed by atoms with Crippen LogP contribution in [0, 0.1) is 6.92 Å². The van der Waals surface area contributed by atoms with Crippen molar-refractivity contribution in [3.63, 3.8) is 0 Å². The summed E-state index contributed by atoms with van der Waals surface area (Å²) in [5.74, 6) is -0.466. The van der Waals surface area contributed by atoms with Gasteiger partial charge >= 0.3 is 6.18 Å². The van der Waals surface area contributed by atoms with Crippen LogP contribution in [-0.2, 0) is 4.79 Å². The van der Waals surface area contributed by atoms with Gasteiger partial charge < -0.3 is 15.4 Å². The number of hydrogen-bond acceptors (Lipinski definition) is 5. The lowest BCUT2D eigenvalue weighted by Gasteiger charge is -2.16. The van der Waals surface area contributed by atoms with Crippen molar-refractivity contribution in [3.05, 3.63) is 47.4 Å². The Kier molecular flexibility index (Phi) is 6.55. The number of aryl methyl sites for hydroxylation is 1. The van der Waals surface area contributed by atoms with Crippen LogP contribution in [0.15, 0.2) is 30.5 Å². The smallest absolute Gasteiger partial charge is 0.422 e. The second-order valence-corrected chi connectivity index (χ2v) is 6.03. The number of carbonyl (C=O) groups excluding carboxylic acids is 2. The summed E-state index contributed by atoms with van der Waals surface area (Å²) in [6.45, 7) is 3.11. The van der Waals surface area contributed by atoms with E-state index in [0.717, 1.165) is 0 Å². The lowest BCUT2D eigenvalue weighted by atomic mass is 10.1. The van der Waals surface area contributed by atoms with Gasteiger partial charge in [0, 0.05) is 13.1 Å². The standard InChI is InChI=1S/C18H19F3N4O3/c1-10(13-6-7-22-16(8-13)25-12(3)26)24-17(27)14-4-5-15(11(2)23-14)28-9-18(19,20)21/h4-8,10H,9H2,1-3H3,(H,24,27)(H,22,25,26). The highest BCUT2D eigenvalue weighted by Gasteiger charge is 2.28. The Hall–Kier alpha value is -3.17. The topological polar surface area (TPSA) is 93.2 Å². The second-order valence-electron chi connectivity index (χ2n) is 6.03. The van der Waals surface area contributed by atoms with Gasteiger partial charge in [-0.15, -0.1) is 0 Å². The summed E-state index contributed by atoms with van der Waals surface area (Å²) in [6.07, 6.45) is -2.96. The van der Waals surface area contributed by atoms with Gasteiger partial charge in [0.1, 0.15) is 17.3 Å². The Labute approximate surface area is 159 Å². The van der Waals surface area contributed by atoms with Crippen LogP contribution in [-0.4, -0.2) is 34.6 Å². The third kappa shape index (κ3) is 6.22. The van der Waals surface area contributed by atoms with E-state index < -0.39 is 24.7 Å². The molecule has 2 aromatic heterocycles. The highest BCUT2D eigenvalue weighted by atomic mass is 19.4. The van der Waals surface area contributed by atoms with Crippen molar-refractivity contribution in [3.8, 4) is 5.75 Å². The minimum absolute atomic E-state index is 0.0415. The van der Waals surface area contributed by atoms with E-state index in [0.29, 0.717) is 11.4 Å². The normalized spacial score (nSPS) is 12.2. The predicted molar refractivity (Wildman–Crippen MR) is 94.9 cm³/mol. The lowest BCUT2D eigenvalue weighted by Crippen LogP contribution is -2.28. The summed E-state index contributed by atoms with van der Waals surface area (Å²) in [4.78, 5) is 31.5. The van der Waals surface area contributed by atoms with Crippen LogP contribution >= 0.6 is 0 Å². The molecular weight excluding hydrogens is 377 g/mol. The largest absolute Gasteiger partial charge is 0.482 e. The Bertz CT molecular complexity index is 871. The van der Waals surface area contributed by atoms with Gasteiger partial charge in [0.2, 0.25) is 5.91 Å². The van der Waals surface area contributed by atoms with Crippen LogP contribution in [0.5, 0.6) is 5.75 Å². The highest BCUT2D eigenvalue weighted by Crippen LogP contribution is 2.21. The summed E-state index contributed by atoms with van der Waals surface area (Å²) in [7, 11) is 0. The number of alkyl halides is 3. The van der Waals surface area contributed by atoms with E-state index in [1.165, 1.54) is 32.2 Å². The van der Waals surface area contributed by atoms with Crippen LogP contribution in [0.2, 0.25) is 0 Å². The van der Waals surface area contributed by atoms with Crippen molar-refractivity contribution in [2.75, 3.05) is 11.9 Å². The van der Waals surface area contributed by atoms with Crippen molar-refractivity contribution >= 4 is 17.6 Å². The molecule has 0 fully saturated rings. The second kappa shape index (κ2) is 8.68. The average molecular weight is 396 g/mol. The number of nitrogens with one attached hydrogen (secondary N) is 2. The van der Waals surface area contributed by atoms with E-state index in [9.17, 15) is 22.8 Å². The number of hydrogen-bond donors (Lipinski definition) is 2. The van der Waals surface area contributed by atoms with Crippen LogP contribution in [0.25, 0.3) is 0 Å². The fourth-order valence-electron chi connectivity index (χ4n) is 2.31. The minimum atomic E-state index is -4.46. The monoisotopic (exact) mass is 396 g/mol. The van der Waals surface area contributed by atoms with Gasteiger partial charge in [-0.05, 0) is 43.7 Å². The Balaban J connectivity index is 2.06. The molecule has 2 rings (SSSR count). The first-order valence-corrected chi connectivity index (χ1v) is 8.27. The third-order valence-electron chi connectivity index (χ3n) is 3.60. The quantitative estimate of drug-likeness (QED) is 0.782. The van der Waals surface area contributed by atoms with E-state index in [4.69, 9.17) is 0 Å². The first-order valence-electron chi connectivity index (χ1n) is 8.27. The summed E-state index contributed by atoms with van der Waals surface area (Å²) < 4.78 is 41.4. The Morgan fingerprint density at radius 3 is 2.57 bits per heavy atom. The molecular formula is C18H19F3N4O3. The van der Waals surface area contributed by atoms with Crippen LogP contribution in [0.4, 0.5) is 19.0 Å². The van der Waals surface area contributed by atoms with Gasteiger partial charge in [0.15, 0.2) is 6.61 Å². The van der Waals surface area contributed by atoms with Crippen LogP contribution in [0.1, 0.15) is 41.6 Å². The molecule has 0 aliphatic heterocycles. The van der Waals surface area contributed by atoms with Gasteiger partial charge in [-0.1, -0.05) is 0 Å². The average Bonchev–Trinajstić information content (AvgIpc) is 2.59. The Morgan fingerprint density at radius 2 is 1.96 bits per heavy atom. The number of anilines is 1. The maximum Gasteiger partial charge on any atom is 0.422 e. The number of nitrogens with zero attached hydrogens (tertiary/aromatic N) is 2. The minimum Gasteiger partial charge on any atom is -0.482 e. The molecule has 1 unspecified atom stereocenters. The molecule has 0 saturated heterocycles. The molecule has 28 heavy (non-hydrogen) atoms. The fourth-order valence-corrected chi connectivity index (χ4v) is 2.31. The van der Waals surface area contributed by atoms with Gasteiger partial charge in [-0.3, -0.25) is 9.59 Å². The zero-order valence-electron chi connectivity index (χ0n) is 15.4. The molecule has 10 heteroatoms. The molecule has 150 valence electrons. The summed E-state index contributed by atoms with van der Waals surface area (Å²) >= 11 is 0. The molecule has 0 aliphatic rings. The maximum atomic E-state index is 12.4. The Morgan fingerprint density at radius 1 is 1.25 bits per heavy atom. The molecule has 0 spiro atoms. The molecule has 0 bridgehead atoms. The fraction of sp³-hybridized carbons (Fsp3) is 0.333. The molecule has 0 aliphatic carbocycles. The first-order chi connectivity index (χ1) is 13.0. The summed E-state index contributed by atoms with van der Waals surface area (Å²) in [6, 6.07) is 5.44. The molecule has 2 heterocycles. The van der Waals surface area contributed by atoms with Crippen molar-refractivity contribution in [1.29, 1.82) is 0 Å². The van der Waals surface area contributed by atoms with E-state index in [1.54, 1.807) is 19.1 Å². The van der Waals surface area contributed by atoms with E-state index in [-0.39, 0.29) is 23.0 Å². The first kappa shape index (κ1) is 21.1. The zero-order chi connectivity index (χ0) is 20.9. The maximum absolute atomic E-state index is 12.4. The molecule has 0 aromatic carbocycles. The molecule has 0 radical (unpaired) electrons. The highest BCUT2D eigenvalue weighted by molar-refractivity contribution is 5.92. The van der Waals surface area contributed by atoms with Crippen molar-refractivity contribution in [1.82, 2.24) is 15.3 Å². The van der Waals surface area contributed by atoms with Crippen molar-refractivity contribution in [2.45, 2.75) is 33.0 Å². The van der Waals surface area contributed by atoms with E-state index >= 15 is 0 Å². The molecule has 2 amide bonds. The van der Waals surface area contributed by atoms with Gasteiger partial charge in [-0.2, -0.15) is 13.2 Å². The number of halogens is 3. The predicted octanol–water partition coefficient (Wildman–Crippen LogP) is 3.18. The van der Waals surface area contributed by atoms with Crippen molar-refractivity contribution < 1.29 is 27.5 Å². The third-order valence-corrected chi connectivity index (χ3v) is 3.60. The van der Waals surface area contributed by atoms with E-state index in [2.05, 4.69) is 25.3 Å². The lowest BCUT2D eigenvalue weighted by molar-refractivity contribution is -0.153. The number of carbonyl (C=O) groups is 2. The molecule has 2 aromatic rings. The number of ether oxygens (including phenoxy) is 1. The zero-order valence-corrected chi connectivity index (χ0v) is 15.4. The summed E-state index contributed by atoms with van der Waals surface area (Å²) in [5.41, 5.74) is 0.912. The SMILES string of the molecule is CC(=O)Nc1cc(C(C)NC(=O)c2ccc(OCC(F)(F)F)c(C)n2)ccn1. The number of rotatable bonds is 6. The number of aromatic nitrogens is 2. The molecule has 1 atom stereocenters. The number of pyridine rings is 2. The molecule has 2 N–H and O–H groups in total.